The molecular formula is C31H38N4O5S. The summed E-state index contributed by atoms with van der Waals surface area (Å²) < 4.78 is 32.1. The highest BCUT2D eigenvalue weighted by Gasteiger charge is 2.33. The van der Waals surface area contributed by atoms with Crippen LogP contribution < -0.4 is 5.32 Å². The first-order valence-corrected chi connectivity index (χ1v) is 15.6. The summed E-state index contributed by atoms with van der Waals surface area (Å²) >= 11 is 0. The van der Waals surface area contributed by atoms with Crippen molar-refractivity contribution in [3.8, 4) is 0 Å². The number of carbonyl (C=O) groups is 2. The molecule has 0 spiro atoms. The fourth-order valence-corrected chi connectivity index (χ4v) is 5.52. The third-order valence-corrected chi connectivity index (χ3v) is 8.20. The number of hydrogen-bond acceptors (Lipinski definition) is 6. The minimum absolute atomic E-state index is 0.0480. The van der Waals surface area contributed by atoms with Crippen LogP contribution >= 0.6 is 0 Å². The molecule has 2 amide bonds. The maximum absolute atomic E-state index is 14.1. The first-order valence-electron chi connectivity index (χ1n) is 13.8. The van der Waals surface area contributed by atoms with Crippen LogP contribution in [0.25, 0.3) is 0 Å². The number of carbonyl (C=O) groups excluding carboxylic acids is 2. The largest absolute Gasteiger partial charge is 0.379 e. The molecule has 218 valence electrons. The Balaban J connectivity index is 1.61. The Bertz CT molecular complexity index is 1350. The van der Waals surface area contributed by atoms with Gasteiger partial charge >= 0.3 is 0 Å². The molecule has 9 nitrogen and oxygen atoms in total. The molecule has 0 radical (unpaired) electrons. The van der Waals surface area contributed by atoms with Crippen LogP contribution in [0.15, 0.2) is 91.0 Å². The molecule has 0 saturated carbocycles. The summed E-state index contributed by atoms with van der Waals surface area (Å²) in [6.45, 7) is 3.82. The van der Waals surface area contributed by atoms with E-state index in [1.807, 2.05) is 91.0 Å². The molecule has 1 heterocycles. The summed E-state index contributed by atoms with van der Waals surface area (Å²) in [6, 6.07) is 26.7. The Labute approximate surface area is 242 Å². The van der Waals surface area contributed by atoms with Gasteiger partial charge < -0.3 is 15.0 Å². The Hall–Kier alpha value is -3.57. The number of ether oxygens (including phenoxy) is 1. The predicted octanol–water partition coefficient (Wildman–Crippen LogP) is 2.67. The average Bonchev–Trinajstić information content (AvgIpc) is 2.98. The number of hydrogen-bond donors (Lipinski definition) is 1. The Morgan fingerprint density at radius 1 is 0.854 bits per heavy atom. The molecule has 1 aliphatic rings. The summed E-state index contributed by atoms with van der Waals surface area (Å²) in [5, 5.41) is 3.03. The molecule has 0 aliphatic carbocycles. The van der Waals surface area contributed by atoms with E-state index in [1.165, 1.54) is 4.90 Å². The quantitative estimate of drug-likeness (QED) is 0.335. The lowest BCUT2D eigenvalue weighted by Crippen LogP contribution is -2.49. The van der Waals surface area contributed by atoms with Gasteiger partial charge in [0.2, 0.25) is 21.8 Å². The molecule has 0 unspecified atom stereocenters. The third kappa shape index (κ3) is 9.22. The van der Waals surface area contributed by atoms with Gasteiger partial charge in [0.15, 0.2) is 0 Å². The van der Waals surface area contributed by atoms with Crippen molar-refractivity contribution in [1.29, 1.82) is 0 Å². The molecule has 3 aromatic carbocycles. The molecule has 1 N–H and O–H groups in total. The highest BCUT2D eigenvalue weighted by molar-refractivity contribution is 7.88. The fourth-order valence-electron chi connectivity index (χ4n) is 4.79. The summed E-state index contributed by atoms with van der Waals surface area (Å²) in [5.41, 5.74) is 2.24. The van der Waals surface area contributed by atoms with Crippen LogP contribution in [-0.2, 0) is 37.4 Å². The molecule has 0 aromatic heterocycles. The maximum atomic E-state index is 14.1. The lowest BCUT2D eigenvalue weighted by Gasteiger charge is -2.33. The van der Waals surface area contributed by atoms with Crippen molar-refractivity contribution in [1.82, 2.24) is 19.4 Å². The van der Waals surface area contributed by atoms with Gasteiger partial charge in [0.25, 0.3) is 0 Å². The molecule has 1 fully saturated rings. The van der Waals surface area contributed by atoms with Gasteiger partial charge in [0.05, 0.1) is 26.0 Å². The van der Waals surface area contributed by atoms with Crippen molar-refractivity contribution in [2.24, 2.45) is 0 Å². The number of amides is 2. The zero-order chi connectivity index (χ0) is 29.1. The van der Waals surface area contributed by atoms with Gasteiger partial charge in [-0.2, -0.15) is 4.31 Å². The number of nitrogens with zero attached hydrogens (tertiary/aromatic N) is 3. The van der Waals surface area contributed by atoms with E-state index in [9.17, 15) is 18.0 Å². The molecular weight excluding hydrogens is 540 g/mol. The number of morpholine rings is 1. The van der Waals surface area contributed by atoms with Crippen molar-refractivity contribution in [2.75, 3.05) is 52.2 Å². The first-order chi connectivity index (χ1) is 19.8. The van der Waals surface area contributed by atoms with Gasteiger partial charge in [-0.25, -0.2) is 8.42 Å². The van der Waals surface area contributed by atoms with Gasteiger partial charge in [-0.1, -0.05) is 91.0 Å². The van der Waals surface area contributed by atoms with Crippen LogP contribution in [0.2, 0.25) is 0 Å². The fraction of sp³-hybridized carbons (Fsp3) is 0.355. The number of sulfonamides is 1. The predicted molar refractivity (Wildman–Crippen MR) is 158 cm³/mol. The molecule has 1 saturated heterocycles. The average molecular weight is 579 g/mol. The number of rotatable bonds is 13. The van der Waals surface area contributed by atoms with Crippen molar-refractivity contribution in [2.45, 2.75) is 19.1 Å². The molecule has 10 heteroatoms. The molecule has 0 bridgehead atoms. The summed E-state index contributed by atoms with van der Waals surface area (Å²) in [4.78, 5) is 31.6. The van der Waals surface area contributed by atoms with Gasteiger partial charge in [-0.3, -0.25) is 14.5 Å². The third-order valence-electron chi connectivity index (χ3n) is 7.00. The van der Waals surface area contributed by atoms with Crippen LogP contribution in [0.1, 0.15) is 22.7 Å². The first kappa shape index (κ1) is 30.4. The summed E-state index contributed by atoms with van der Waals surface area (Å²) in [5.74, 6) is -0.782. The van der Waals surface area contributed by atoms with E-state index in [-0.39, 0.29) is 19.0 Å². The van der Waals surface area contributed by atoms with Crippen molar-refractivity contribution < 1.29 is 22.7 Å². The number of nitrogens with one attached hydrogen (secondary N) is 1. The van der Waals surface area contributed by atoms with E-state index in [0.717, 1.165) is 34.8 Å². The van der Waals surface area contributed by atoms with Crippen LogP contribution in [0.5, 0.6) is 0 Å². The Morgan fingerprint density at radius 3 is 1.95 bits per heavy atom. The van der Waals surface area contributed by atoms with Crippen molar-refractivity contribution >= 4 is 21.8 Å². The van der Waals surface area contributed by atoms with Gasteiger partial charge in [0.1, 0.15) is 6.04 Å². The molecule has 1 aliphatic heterocycles. The highest BCUT2D eigenvalue weighted by atomic mass is 32.2. The lowest BCUT2D eigenvalue weighted by molar-refractivity contribution is -0.141. The highest BCUT2D eigenvalue weighted by Crippen LogP contribution is 2.25. The molecule has 4 rings (SSSR count). The van der Waals surface area contributed by atoms with E-state index >= 15 is 0 Å². The minimum atomic E-state index is -3.73. The second-order valence-corrected chi connectivity index (χ2v) is 12.1. The Kier molecular flexibility index (Phi) is 11.0. The van der Waals surface area contributed by atoms with E-state index < -0.39 is 28.5 Å². The lowest BCUT2D eigenvalue weighted by atomic mass is 10.0. The van der Waals surface area contributed by atoms with Gasteiger partial charge in [0, 0.05) is 39.3 Å². The zero-order valence-electron chi connectivity index (χ0n) is 23.4. The smallest absolute Gasteiger partial charge is 0.247 e. The van der Waals surface area contributed by atoms with E-state index in [2.05, 4.69) is 10.2 Å². The minimum Gasteiger partial charge on any atom is -0.379 e. The second-order valence-electron chi connectivity index (χ2n) is 10.1. The van der Waals surface area contributed by atoms with E-state index in [1.54, 1.807) is 0 Å². The molecule has 3 aromatic rings. The molecule has 41 heavy (non-hydrogen) atoms. The SMILES string of the molecule is CS(=O)(=O)N(CC(=O)N(Cc1ccccc1)[C@@H](C(=O)NCCN1CCOCC1)c1ccccc1)Cc1ccccc1. The van der Waals surface area contributed by atoms with Crippen LogP contribution in [0, 0.1) is 0 Å². The van der Waals surface area contributed by atoms with Crippen molar-refractivity contribution in [3.05, 3.63) is 108 Å². The van der Waals surface area contributed by atoms with Gasteiger partial charge in [-0.15, -0.1) is 0 Å². The summed E-state index contributed by atoms with van der Waals surface area (Å²) in [6.07, 6.45) is 1.10. The standard InChI is InChI=1S/C31H38N4O5S/c1-41(38,39)34(23-26-11-5-2-6-12-26)25-29(36)35(24-27-13-7-3-8-14-27)30(28-15-9-4-10-16-28)31(37)32-17-18-33-19-21-40-22-20-33/h2-16,30H,17-25H2,1H3,(H,32,37)/t30-/m1/s1. The van der Waals surface area contributed by atoms with Crippen LogP contribution in [0.4, 0.5) is 0 Å². The van der Waals surface area contributed by atoms with Crippen molar-refractivity contribution in [3.63, 3.8) is 0 Å². The van der Waals surface area contributed by atoms with E-state index in [0.29, 0.717) is 31.9 Å². The van der Waals surface area contributed by atoms with Crippen LogP contribution in [0.3, 0.4) is 0 Å². The topological polar surface area (TPSA) is 99.3 Å². The zero-order valence-corrected chi connectivity index (χ0v) is 24.2. The summed E-state index contributed by atoms with van der Waals surface area (Å²) in [7, 11) is -3.73. The second kappa shape index (κ2) is 14.9. The van der Waals surface area contributed by atoms with Gasteiger partial charge in [-0.05, 0) is 16.7 Å². The Morgan fingerprint density at radius 2 is 1.39 bits per heavy atom. The van der Waals surface area contributed by atoms with Crippen LogP contribution in [-0.4, -0.2) is 86.5 Å². The molecule has 1 atom stereocenters. The normalized spacial score (nSPS) is 14.9. The number of benzene rings is 3. The maximum Gasteiger partial charge on any atom is 0.247 e. The monoisotopic (exact) mass is 578 g/mol. The van der Waals surface area contributed by atoms with E-state index in [4.69, 9.17) is 4.74 Å².